The van der Waals surface area contributed by atoms with Crippen molar-refractivity contribution >= 4 is 19.4 Å². The SMILES string of the molecule is C/C=C/C=C(/[Se]c1ccccc1)C1CC1. The molecule has 15 heavy (non-hydrogen) atoms. The minimum absolute atomic E-state index is 0.530. The summed E-state index contributed by atoms with van der Waals surface area (Å²) in [6.45, 7) is 2.08. The molecular weight excluding hydrogens is 247 g/mol. The fourth-order valence-electron chi connectivity index (χ4n) is 1.44. The molecule has 0 atom stereocenters. The van der Waals surface area contributed by atoms with Crippen molar-refractivity contribution in [1.82, 2.24) is 0 Å². The van der Waals surface area contributed by atoms with Gasteiger partial charge < -0.3 is 0 Å². The van der Waals surface area contributed by atoms with Crippen LogP contribution in [0.15, 0.2) is 53.0 Å². The zero-order chi connectivity index (χ0) is 10.5. The number of allylic oxidation sites excluding steroid dienone is 4. The van der Waals surface area contributed by atoms with Gasteiger partial charge in [0, 0.05) is 0 Å². The molecule has 0 heterocycles. The Labute approximate surface area is 98.2 Å². The van der Waals surface area contributed by atoms with Crippen LogP contribution in [-0.2, 0) is 0 Å². The Bertz CT molecular complexity index is 358. The Balaban J connectivity index is 2.07. The molecule has 0 radical (unpaired) electrons. The van der Waals surface area contributed by atoms with E-state index in [1.54, 1.807) is 4.47 Å². The van der Waals surface area contributed by atoms with E-state index in [1.807, 2.05) is 0 Å². The molecule has 1 heteroatoms. The molecule has 1 aromatic carbocycles. The van der Waals surface area contributed by atoms with Gasteiger partial charge in [-0.15, -0.1) is 0 Å². The van der Waals surface area contributed by atoms with Gasteiger partial charge in [-0.05, 0) is 0 Å². The first kappa shape index (κ1) is 10.7. The van der Waals surface area contributed by atoms with Crippen molar-refractivity contribution in [2.75, 3.05) is 0 Å². The number of rotatable bonds is 4. The van der Waals surface area contributed by atoms with Gasteiger partial charge in [-0.3, -0.25) is 0 Å². The third-order valence-corrected chi connectivity index (χ3v) is 4.96. The molecule has 1 aliphatic rings. The molecule has 0 spiro atoms. The summed E-state index contributed by atoms with van der Waals surface area (Å²) in [5.74, 6) is 0.890. The van der Waals surface area contributed by atoms with E-state index >= 15 is 0 Å². The summed E-state index contributed by atoms with van der Waals surface area (Å²) in [5.41, 5.74) is 0. The first-order chi connectivity index (χ1) is 7.40. The first-order valence-electron chi connectivity index (χ1n) is 5.46. The van der Waals surface area contributed by atoms with Crippen molar-refractivity contribution in [3.63, 3.8) is 0 Å². The Kier molecular flexibility index (Phi) is 3.82. The van der Waals surface area contributed by atoms with E-state index in [0.29, 0.717) is 15.0 Å². The Morgan fingerprint density at radius 1 is 1.27 bits per heavy atom. The summed E-state index contributed by atoms with van der Waals surface area (Å²) >= 11 is 0.530. The van der Waals surface area contributed by atoms with Crippen LogP contribution in [0.25, 0.3) is 0 Å². The van der Waals surface area contributed by atoms with Crippen molar-refractivity contribution < 1.29 is 0 Å². The topological polar surface area (TPSA) is 0 Å². The summed E-state index contributed by atoms with van der Waals surface area (Å²) in [6.07, 6.45) is 9.42. The van der Waals surface area contributed by atoms with Crippen LogP contribution in [0.3, 0.4) is 0 Å². The van der Waals surface area contributed by atoms with E-state index in [1.165, 1.54) is 17.3 Å². The van der Waals surface area contributed by atoms with Crippen molar-refractivity contribution in [2.24, 2.45) is 5.92 Å². The molecular formula is C14H16Se. The molecule has 1 saturated carbocycles. The quantitative estimate of drug-likeness (QED) is 0.579. The Hall–Kier alpha value is -0.781. The third-order valence-electron chi connectivity index (χ3n) is 2.41. The molecule has 0 aromatic heterocycles. The fraction of sp³-hybridized carbons (Fsp3) is 0.286. The van der Waals surface area contributed by atoms with Crippen LogP contribution in [0.2, 0.25) is 0 Å². The number of hydrogen-bond acceptors (Lipinski definition) is 0. The van der Waals surface area contributed by atoms with Crippen molar-refractivity contribution in [3.05, 3.63) is 53.0 Å². The van der Waals surface area contributed by atoms with Gasteiger partial charge in [0.2, 0.25) is 0 Å². The molecule has 0 amide bonds. The average Bonchev–Trinajstić information content (AvgIpc) is 3.09. The van der Waals surface area contributed by atoms with Gasteiger partial charge in [0.05, 0.1) is 0 Å². The molecule has 0 aliphatic heterocycles. The van der Waals surface area contributed by atoms with E-state index in [2.05, 4.69) is 55.5 Å². The van der Waals surface area contributed by atoms with Crippen LogP contribution in [0.5, 0.6) is 0 Å². The second-order valence-electron chi connectivity index (χ2n) is 3.78. The van der Waals surface area contributed by atoms with E-state index in [4.69, 9.17) is 0 Å². The van der Waals surface area contributed by atoms with Gasteiger partial charge in [-0.1, -0.05) is 0 Å². The summed E-state index contributed by atoms with van der Waals surface area (Å²) in [4.78, 5) is 0. The van der Waals surface area contributed by atoms with E-state index in [0.717, 1.165) is 5.92 Å². The number of benzene rings is 1. The number of hydrogen-bond donors (Lipinski definition) is 0. The van der Waals surface area contributed by atoms with E-state index in [9.17, 15) is 0 Å². The van der Waals surface area contributed by atoms with E-state index < -0.39 is 0 Å². The summed E-state index contributed by atoms with van der Waals surface area (Å²) < 4.78 is 3.15. The van der Waals surface area contributed by atoms with Gasteiger partial charge in [0.15, 0.2) is 0 Å². The second-order valence-corrected chi connectivity index (χ2v) is 6.19. The zero-order valence-corrected chi connectivity index (χ0v) is 10.7. The normalized spacial score (nSPS) is 17.3. The Morgan fingerprint density at radius 2 is 2.00 bits per heavy atom. The molecule has 78 valence electrons. The predicted molar refractivity (Wildman–Crippen MR) is 67.5 cm³/mol. The predicted octanol–water partition coefficient (Wildman–Crippen LogP) is 2.89. The molecule has 0 saturated heterocycles. The molecule has 1 aromatic rings. The van der Waals surface area contributed by atoms with Crippen LogP contribution in [0.1, 0.15) is 19.8 Å². The third kappa shape index (κ3) is 3.37. The van der Waals surface area contributed by atoms with Crippen molar-refractivity contribution in [2.45, 2.75) is 19.8 Å². The average molecular weight is 263 g/mol. The summed E-state index contributed by atoms with van der Waals surface area (Å²) in [5, 5.41) is 0. The van der Waals surface area contributed by atoms with Crippen LogP contribution < -0.4 is 4.46 Å². The zero-order valence-electron chi connectivity index (χ0n) is 9.02. The maximum absolute atomic E-state index is 2.32. The van der Waals surface area contributed by atoms with Gasteiger partial charge in [0.1, 0.15) is 0 Å². The summed E-state index contributed by atoms with van der Waals surface area (Å²) in [7, 11) is 0. The first-order valence-corrected chi connectivity index (χ1v) is 7.17. The minimum atomic E-state index is 0.530. The van der Waals surface area contributed by atoms with Gasteiger partial charge >= 0.3 is 98.1 Å². The molecule has 1 aliphatic carbocycles. The van der Waals surface area contributed by atoms with Crippen LogP contribution in [-0.4, -0.2) is 15.0 Å². The van der Waals surface area contributed by atoms with Crippen LogP contribution in [0.4, 0.5) is 0 Å². The van der Waals surface area contributed by atoms with Crippen LogP contribution in [0, 0.1) is 5.92 Å². The van der Waals surface area contributed by atoms with Crippen molar-refractivity contribution in [1.29, 1.82) is 0 Å². The molecule has 1 fully saturated rings. The van der Waals surface area contributed by atoms with Gasteiger partial charge in [-0.2, -0.15) is 0 Å². The summed E-state index contributed by atoms with van der Waals surface area (Å²) in [6, 6.07) is 10.8. The monoisotopic (exact) mass is 264 g/mol. The Morgan fingerprint density at radius 3 is 2.60 bits per heavy atom. The molecule has 0 nitrogen and oxygen atoms in total. The molecule has 2 rings (SSSR count). The molecule has 0 bridgehead atoms. The van der Waals surface area contributed by atoms with Crippen LogP contribution >= 0.6 is 0 Å². The molecule has 0 N–H and O–H groups in total. The van der Waals surface area contributed by atoms with Gasteiger partial charge in [0.25, 0.3) is 0 Å². The molecule has 0 unspecified atom stereocenters. The van der Waals surface area contributed by atoms with Crippen molar-refractivity contribution in [3.8, 4) is 0 Å². The standard InChI is InChI=1S/C14H16Se/c1-2-3-9-14(12-10-11-12)15-13-7-5-4-6-8-13/h2-9,12H,10-11H2,1H3/b3-2+,14-9+. The van der Waals surface area contributed by atoms with Gasteiger partial charge in [-0.25, -0.2) is 0 Å². The second kappa shape index (κ2) is 5.34. The maximum atomic E-state index is 2.32. The fourth-order valence-corrected chi connectivity index (χ4v) is 3.77. The van der Waals surface area contributed by atoms with E-state index in [-0.39, 0.29) is 0 Å².